The molecule has 0 fully saturated rings. The van der Waals surface area contributed by atoms with Crippen LogP contribution in [0.1, 0.15) is 322 Å². The smallest absolute Gasteiger partial charge is 0.462 e. The Morgan fingerprint density at radius 3 is 1.00 bits per heavy atom. The maximum atomic E-state index is 12.7. The molecule has 0 aliphatic heterocycles. The summed E-state index contributed by atoms with van der Waals surface area (Å²) in [5, 5.41) is 0. The van der Waals surface area contributed by atoms with E-state index in [1.807, 2.05) is 0 Å². The van der Waals surface area contributed by atoms with Crippen molar-refractivity contribution in [3.8, 4) is 0 Å². The quantitative estimate of drug-likeness (QED) is 0.0264. The molecule has 0 saturated heterocycles. The van der Waals surface area contributed by atoms with Crippen LogP contribution in [-0.4, -0.2) is 49.3 Å². The predicted octanol–water partition coefficient (Wildman–Crippen LogP) is 21.1. The first-order valence-corrected chi connectivity index (χ1v) is 34.3. The number of hydrogen-bond acceptors (Lipinski definition) is 8. The van der Waals surface area contributed by atoms with Gasteiger partial charge in [0.05, 0.1) is 13.2 Å². The van der Waals surface area contributed by atoms with Gasteiger partial charge < -0.3 is 20.1 Å². The molecular formula is C67H124NO8P. The van der Waals surface area contributed by atoms with E-state index in [1.54, 1.807) is 0 Å². The Hall–Kier alpha value is -2.29. The molecule has 0 rings (SSSR count). The van der Waals surface area contributed by atoms with E-state index in [-0.39, 0.29) is 38.6 Å². The first-order chi connectivity index (χ1) is 37.8. The van der Waals surface area contributed by atoms with Gasteiger partial charge in [0, 0.05) is 19.4 Å². The van der Waals surface area contributed by atoms with Crippen molar-refractivity contribution in [2.24, 2.45) is 5.73 Å². The van der Waals surface area contributed by atoms with Gasteiger partial charge in [0.15, 0.2) is 6.10 Å². The molecule has 3 N–H and O–H groups in total. The Morgan fingerprint density at radius 1 is 0.390 bits per heavy atom. The van der Waals surface area contributed by atoms with E-state index in [2.05, 4.69) is 74.6 Å². The van der Waals surface area contributed by atoms with Gasteiger partial charge in [0.25, 0.3) is 0 Å². The summed E-state index contributed by atoms with van der Waals surface area (Å²) in [6.07, 6.45) is 80.1. The second kappa shape index (κ2) is 62.9. The van der Waals surface area contributed by atoms with Crippen molar-refractivity contribution in [3.05, 3.63) is 60.8 Å². The highest BCUT2D eigenvalue weighted by atomic mass is 31.2. The second-order valence-electron chi connectivity index (χ2n) is 22.0. The highest BCUT2D eigenvalue weighted by molar-refractivity contribution is 7.47. The maximum absolute atomic E-state index is 12.7. The number of phosphoric acid groups is 1. The number of ether oxygens (including phenoxy) is 2. The third kappa shape index (κ3) is 62.8. The molecule has 0 amide bonds. The molecule has 0 radical (unpaired) electrons. The number of carbonyl (C=O) groups excluding carboxylic acids is 2. The van der Waals surface area contributed by atoms with Crippen molar-refractivity contribution in [3.63, 3.8) is 0 Å². The first kappa shape index (κ1) is 74.7. The Bertz CT molecular complexity index is 1440. The number of rotatable bonds is 62. The van der Waals surface area contributed by atoms with E-state index in [0.29, 0.717) is 6.42 Å². The maximum Gasteiger partial charge on any atom is 0.472 e. The van der Waals surface area contributed by atoms with E-state index in [4.69, 9.17) is 24.3 Å². The van der Waals surface area contributed by atoms with Crippen LogP contribution in [-0.2, 0) is 32.7 Å². The number of phosphoric ester groups is 1. The van der Waals surface area contributed by atoms with Crippen molar-refractivity contribution in [2.45, 2.75) is 328 Å². The van der Waals surface area contributed by atoms with Gasteiger partial charge >= 0.3 is 19.8 Å². The van der Waals surface area contributed by atoms with Gasteiger partial charge in [-0.1, -0.05) is 286 Å². The molecule has 0 bridgehead atoms. The number of nitrogens with two attached hydrogens (primary N) is 1. The Balaban J connectivity index is 3.87. The molecule has 0 aromatic heterocycles. The van der Waals surface area contributed by atoms with Crippen molar-refractivity contribution in [2.75, 3.05) is 26.4 Å². The molecule has 77 heavy (non-hydrogen) atoms. The van der Waals surface area contributed by atoms with E-state index in [0.717, 1.165) is 64.2 Å². The van der Waals surface area contributed by atoms with E-state index in [1.165, 1.54) is 225 Å². The molecule has 0 aromatic carbocycles. The fourth-order valence-electron chi connectivity index (χ4n) is 9.50. The highest BCUT2D eigenvalue weighted by Gasteiger charge is 2.26. The lowest BCUT2D eigenvalue weighted by Gasteiger charge is -2.19. The monoisotopic (exact) mass is 1100 g/mol. The predicted molar refractivity (Wildman–Crippen MR) is 330 cm³/mol. The van der Waals surface area contributed by atoms with Crippen molar-refractivity contribution >= 4 is 19.8 Å². The number of hydrogen-bond donors (Lipinski definition) is 2. The molecule has 2 atom stereocenters. The van der Waals surface area contributed by atoms with Gasteiger partial charge in [-0.25, -0.2) is 4.57 Å². The summed E-state index contributed by atoms with van der Waals surface area (Å²) < 4.78 is 33.1. The molecule has 0 heterocycles. The summed E-state index contributed by atoms with van der Waals surface area (Å²) in [6, 6.07) is 0. The molecule has 450 valence electrons. The van der Waals surface area contributed by atoms with Crippen LogP contribution in [0.5, 0.6) is 0 Å². The summed E-state index contributed by atoms with van der Waals surface area (Å²) in [7, 11) is -4.39. The van der Waals surface area contributed by atoms with Crippen molar-refractivity contribution in [1.29, 1.82) is 0 Å². The van der Waals surface area contributed by atoms with Crippen LogP contribution in [0.15, 0.2) is 60.8 Å². The molecule has 10 heteroatoms. The number of allylic oxidation sites excluding steroid dienone is 10. The summed E-state index contributed by atoms with van der Waals surface area (Å²) >= 11 is 0. The second-order valence-corrected chi connectivity index (χ2v) is 23.4. The molecule has 0 aliphatic rings. The van der Waals surface area contributed by atoms with Gasteiger partial charge in [-0.2, -0.15) is 0 Å². The zero-order valence-corrected chi connectivity index (χ0v) is 51.3. The van der Waals surface area contributed by atoms with Gasteiger partial charge in [-0.05, 0) is 83.5 Å². The SMILES string of the molecule is CCCCCCC/C=C\C/C=C\C/C=C\CCCCCCCCCCC(=O)OC(COC(=O)CCCCCCCCCCCCCCCCCCCCCCC/C=C\C/C=C\CCCCCCC)COP(=O)(O)OCCN. The van der Waals surface area contributed by atoms with Crippen LogP contribution >= 0.6 is 7.82 Å². The average Bonchev–Trinajstić information content (AvgIpc) is 3.42. The van der Waals surface area contributed by atoms with Crippen LogP contribution in [0, 0.1) is 0 Å². The summed E-state index contributed by atoms with van der Waals surface area (Å²) in [4.78, 5) is 35.3. The zero-order valence-electron chi connectivity index (χ0n) is 50.4. The summed E-state index contributed by atoms with van der Waals surface area (Å²) in [6.45, 7) is 3.76. The minimum Gasteiger partial charge on any atom is -0.462 e. The minimum atomic E-state index is -4.39. The van der Waals surface area contributed by atoms with Crippen LogP contribution in [0.4, 0.5) is 0 Å². The highest BCUT2D eigenvalue weighted by Crippen LogP contribution is 2.43. The molecule has 0 aromatic rings. The molecule has 9 nitrogen and oxygen atoms in total. The van der Waals surface area contributed by atoms with Crippen LogP contribution in [0.2, 0.25) is 0 Å². The normalized spacial score (nSPS) is 13.4. The van der Waals surface area contributed by atoms with Crippen molar-refractivity contribution in [1.82, 2.24) is 0 Å². The topological polar surface area (TPSA) is 134 Å². The van der Waals surface area contributed by atoms with Gasteiger partial charge in [0.2, 0.25) is 0 Å². The molecule has 0 saturated carbocycles. The molecule has 0 spiro atoms. The van der Waals surface area contributed by atoms with Gasteiger partial charge in [0.1, 0.15) is 6.61 Å². The van der Waals surface area contributed by atoms with Crippen LogP contribution in [0.25, 0.3) is 0 Å². The number of esters is 2. The Kier molecular flexibility index (Phi) is 61.0. The van der Waals surface area contributed by atoms with E-state index >= 15 is 0 Å². The largest absolute Gasteiger partial charge is 0.472 e. The summed E-state index contributed by atoms with van der Waals surface area (Å²) in [5.74, 6) is -0.824. The Morgan fingerprint density at radius 2 is 0.675 bits per heavy atom. The lowest BCUT2D eigenvalue weighted by molar-refractivity contribution is -0.161. The van der Waals surface area contributed by atoms with E-state index < -0.39 is 26.5 Å². The standard InChI is InChI=1S/C67H124NO8P/c1-3-5-7-9-11-13-15-17-19-21-23-25-27-28-29-30-31-32-33-34-35-36-38-39-41-43-45-47-49-51-53-55-57-59-66(69)73-63-65(64-75-77(71,72)74-62-61-68)76-67(70)60-58-56-54-52-50-48-46-44-42-40-37-26-24-22-20-18-16-14-12-10-8-6-4-2/h15-18,21-24,37,40,65H,3-14,19-20,25-36,38-39,41-64,68H2,1-2H3,(H,71,72)/b17-15-,18-16-,23-21-,24-22-,40-37-. The molecule has 0 aliphatic carbocycles. The lowest BCUT2D eigenvalue weighted by Crippen LogP contribution is -2.29. The van der Waals surface area contributed by atoms with Crippen molar-refractivity contribution < 1.29 is 37.6 Å². The minimum absolute atomic E-state index is 0.0516. The third-order valence-corrected chi connectivity index (χ3v) is 15.4. The number of unbranched alkanes of at least 4 members (excludes halogenated alkanes) is 39. The summed E-state index contributed by atoms with van der Waals surface area (Å²) in [5.41, 5.74) is 5.39. The zero-order chi connectivity index (χ0) is 55.9. The van der Waals surface area contributed by atoms with Gasteiger partial charge in [-0.15, -0.1) is 0 Å². The lowest BCUT2D eigenvalue weighted by atomic mass is 10.0. The van der Waals surface area contributed by atoms with E-state index in [9.17, 15) is 19.0 Å². The fraction of sp³-hybridized carbons (Fsp3) is 0.821. The molecular weight excluding hydrogens is 978 g/mol. The van der Waals surface area contributed by atoms with Crippen LogP contribution in [0.3, 0.4) is 0 Å². The van der Waals surface area contributed by atoms with Gasteiger partial charge in [-0.3, -0.25) is 18.6 Å². The third-order valence-electron chi connectivity index (χ3n) is 14.4. The first-order valence-electron chi connectivity index (χ1n) is 32.8. The Labute approximate surface area is 476 Å². The van der Waals surface area contributed by atoms with Crippen LogP contribution < -0.4 is 5.73 Å². The fourth-order valence-corrected chi connectivity index (χ4v) is 10.3. The number of carbonyl (C=O) groups is 2. The molecule has 2 unspecified atom stereocenters. The average molecular weight is 1100 g/mol.